The summed E-state index contributed by atoms with van der Waals surface area (Å²) in [5.41, 5.74) is 1.71. The van der Waals surface area contributed by atoms with Crippen LogP contribution in [0.5, 0.6) is 0 Å². The van der Waals surface area contributed by atoms with E-state index in [-0.39, 0.29) is 6.61 Å². The van der Waals surface area contributed by atoms with Gasteiger partial charge in [-0.25, -0.2) is 4.68 Å². The molecule has 2 rings (SSSR count). The highest BCUT2D eigenvalue weighted by atomic mass is 79.9. The molecule has 0 aliphatic carbocycles. The van der Waals surface area contributed by atoms with E-state index >= 15 is 0 Å². The number of benzene rings is 1. The highest BCUT2D eigenvalue weighted by molar-refractivity contribution is 9.10. The zero-order chi connectivity index (χ0) is 10.8. The number of hydrogen-bond donors (Lipinski definition) is 1. The Bertz CT molecular complexity index is 482. The molecule has 5 heteroatoms. The molecule has 0 aliphatic heterocycles. The smallest absolute Gasteiger partial charge is 0.115 e. The molecule has 0 bridgehead atoms. The van der Waals surface area contributed by atoms with E-state index in [2.05, 4.69) is 37.0 Å². The van der Waals surface area contributed by atoms with E-state index in [1.54, 1.807) is 10.9 Å². The van der Waals surface area contributed by atoms with Gasteiger partial charge in [-0.05, 0) is 34.1 Å². The predicted molar refractivity (Wildman–Crippen MR) is 64.9 cm³/mol. The number of hydrogen-bond acceptors (Lipinski definition) is 2. The predicted octanol–water partition coefficient (Wildman–Crippen LogP) is 2.89. The molecule has 2 aromatic rings. The van der Waals surface area contributed by atoms with Gasteiger partial charge < -0.3 is 5.11 Å². The van der Waals surface area contributed by atoms with Gasteiger partial charge in [-0.3, -0.25) is 0 Å². The molecular formula is C10H8Br2N2O. The summed E-state index contributed by atoms with van der Waals surface area (Å²) in [6.45, 7) is -0.0193. The fourth-order valence-corrected chi connectivity index (χ4v) is 2.17. The van der Waals surface area contributed by atoms with Crippen molar-refractivity contribution >= 4 is 31.9 Å². The summed E-state index contributed by atoms with van der Waals surface area (Å²) >= 11 is 6.80. The molecule has 0 fully saturated rings. The number of aliphatic hydroxyl groups excluding tert-OH is 1. The van der Waals surface area contributed by atoms with Crippen molar-refractivity contribution in [1.29, 1.82) is 0 Å². The molecule has 0 saturated carbocycles. The van der Waals surface area contributed by atoms with Gasteiger partial charge in [0, 0.05) is 10.0 Å². The van der Waals surface area contributed by atoms with E-state index in [9.17, 15) is 0 Å². The lowest BCUT2D eigenvalue weighted by atomic mass is 10.3. The fourth-order valence-electron chi connectivity index (χ4n) is 1.26. The maximum Gasteiger partial charge on any atom is 0.115 e. The third-order valence-corrected chi connectivity index (χ3v) is 3.34. The first-order valence-corrected chi connectivity index (χ1v) is 5.90. The van der Waals surface area contributed by atoms with Crippen LogP contribution in [0.15, 0.2) is 39.5 Å². The van der Waals surface area contributed by atoms with Gasteiger partial charge in [0.1, 0.15) is 4.60 Å². The second kappa shape index (κ2) is 4.47. The summed E-state index contributed by atoms with van der Waals surface area (Å²) in [4.78, 5) is 0. The molecule has 1 heterocycles. The lowest BCUT2D eigenvalue weighted by molar-refractivity contribution is 0.281. The lowest BCUT2D eigenvalue weighted by Gasteiger charge is -2.03. The average Bonchev–Trinajstić information content (AvgIpc) is 2.59. The number of nitrogens with zero attached hydrogens (tertiary/aromatic N) is 2. The van der Waals surface area contributed by atoms with Crippen molar-refractivity contribution in [3.8, 4) is 5.69 Å². The van der Waals surface area contributed by atoms with Crippen LogP contribution in [0.3, 0.4) is 0 Å². The zero-order valence-corrected chi connectivity index (χ0v) is 10.9. The van der Waals surface area contributed by atoms with Crippen LogP contribution >= 0.6 is 31.9 Å². The highest BCUT2D eigenvalue weighted by Crippen LogP contribution is 2.22. The Morgan fingerprint density at radius 1 is 1.33 bits per heavy atom. The standard InChI is InChI=1S/C10H8Br2N2O/c11-8-2-1-3-9(4-8)14-10(12)7(6-15)5-13-14/h1-5,15H,6H2. The van der Waals surface area contributed by atoms with Gasteiger partial charge in [-0.15, -0.1) is 0 Å². The molecule has 0 saturated heterocycles. The van der Waals surface area contributed by atoms with E-state index in [4.69, 9.17) is 5.11 Å². The molecule has 78 valence electrons. The number of aromatic nitrogens is 2. The monoisotopic (exact) mass is 330 g/mol. The minimum absolute atomic E-state index is 0.0193. The molecule has 3 nitrogen and oxygen atoms in total. The third kappa shape index (κ3) is 2.14. The minimum atomic E-state index is -0.0193. The number of rotatable bonds is 2. The maximum absolute atomic E-state index is 9.04. The first kappa shape index (κ1) is 10.9. The average molecular weight is 332 g/mol. The van der Waals surface area contributed by atoms with Crippen LogP contribution < -0.4 is 0 Å². The van der Waals surface area contributed by atoms with Crippen molar-refractivity contribution in [2.75, 3.05) is 0 Å². The number of aliphatic hydroxyl groups is 1. The SMILES string of the molecule is OCc1cnn(-c2cccc(Br)c2)c1Br. The first-order valence-electron chi connectivity index (χ1n) is 4.31. The van der Waals surface area contributed by atoms with Crippen LogP contribution in [0.25, 0.3) is 5.69 Å². The molecule has 1 aromatic heterocycles. The molecule has 0 atom stereocenters. The van der Waals surface area contributed by atoms with Crippen molar-refractivity contribution in [3.63, 3.8) is 0 Å². The zero-order valence-electron chi connectivity index (χ0n) is 7.69. The van der Waals surface area contributed by atoms with E-state index in [0.29, 0.717) is 0 Å². The van der Waals surface area contributed by atoms with Crippen molar-refractivity contribution < 1.29 is 5.11 Å². The summed E-state index contributed by atoms with van der Waals surface area (Å²) in [6.07, 6.45) is 1.64. The summed E-state index contributed by atoms with van der Waals surface area (Å²) in [6, 6.07) is 7.79. The summed E-state index contributed by atoms with van der Waals surface area (Å²) in [7, 11) is 0. The van der Waals surface area contributed by atoms with E-state index in [1.807, 2.05) is 24.3 Å². The normalized spacial score (nSPS) is 10.6. The Morgan fingerprint density at radius 2 is 2.13 bits per heavy atom. The van der Waals surface area contributed by atoms with Crippen LogP contribution in [0.1, 0.15) is 5.56 Å². The number of halogens is 2. The van der Waals surface area contributed by atoms with Crippen molar-refractivity contribution in [1.82, 2.24) is 9.78 Å². The van der Waals surface area contributed by atoms with E-state index < -0.39 is 0 Å². The lowest BCUT2D eigenvalue weighted by Crippen LogP contribution is -1.96. The Kier molecular flexibility index (Phi) is 3.23. The van der Waals surface area contributed by atoms with Gasteiger partial charge in [-0.2, -0.15) is 5.10 Å². The quantitative estimate of drug-likeness (QED) is 0.918. The minimum Gasteiger partial charge on any atom is -0.392 e. The summed E-state index contributed by atoms with van der Waals surface area (Å²) in [5, 5.41) is 13.2. The first-order chi connectivity index (χ1) is 7.22. The fraction of sp³-hybridized carbons (Fsp3) is 0.100. The molecule has 15 heavy (non-hydrogen) atoms. The van der Waals surface area contributed by atoms with Gasteiger partial charge in [0.15, 0.2) is 0 Å². The molecule has 0 radical (unpaired) electrons. The van der Waals surface area contributed by atoms with E-state index in [0.717, 1.165) is 20.3 Å². The van der Waals surface area contributed by atoms with Gasteiger partial charge in [0.05, 0.1) is 18.5 Å². The Labute approximate surface area is 104 Å². The molecular weight excluding hydrogens is 324 g/mol. The van der Waals surface area contributed by atoms with Crippen LogP contribution in [-0.4, -0.2) is 14.9 Å². The van der Waals surface area contributed by atoms with Crippen molar-refractivity contribution in [3.05, 3.63) is 45.1 Å². The molecule has 0 amide bonds. The van der Waals surface area contributed by atoms with Crippen molar-refractivity contribution in [2.45, 2.75) is 6.61 Å². The van der Waals surface area contributed by atoms with Gasteiger partial charge in [0.25, 0.3) is 0 Å². The Balaban J connectivity index is 2.49. The molecule has 0 aliphatic rings. The summed E-state index contributed by atoms with van der Waals surface area (Å²) < 4.78 is 3.51. The Morgan fingerprint density at radius 3 is 2.73 bits per heavy atom. The van der Waals surface area contributed by atoms with Crippen LogP contribution in [-0.2, 0) is 6.61 Å². The molecule has 0 unspecified atom stereocenters. The highest BCUT2D eigenvalue weighted by Gasteiger charge is 2.08. The van der Waals surface area contributed by atoms with E-state index in [1.165, 1.54) is 0 Å². The van der Waals surface area contributed by atoms with Gasteiger partial charge >= 0.3 is 0 Å². The topological polar surface area (TPSA) is 38.1 Å². The Hall–Kier alpha value is -0.650. The van der Waals surface area contributed by atoms with Gasteiger partial charge in [-0.1, -0.05) is 22.0 Å². The second-order valence-corrected chi connectivity index (χ2v) is 4.68. The van der Waals surface area contributed by atoms with Gasteiger partial charge in [0.2, 0.25) is 0 Å². The third-order valence-electron chi connectivity index (χ3n) is 2.00. The van der Waals surface area contributed by atoms with Crippen LogP contribution in [0.2, 0.25) is 0 Å². The molecule has 1 aromatic carbocycles. The van der Waals surface area contributed by atoms with Crippen molar-refractivity contribution in [2.24, 2.45) is 0 Å². The van der Waals surface area contributed by atoms with Crippen LogP contribution in [0, 0.1) is 0 Å². The van der Waals surface area contributed by atoms with Crippen LogP contribution in [0.4, 0.5) is 0 Å². The molecule has 1 N–H and O–H groups in total. The summed E-state index contributed by atoms with van der Waals surface area (Å²) in [5.74, 6) is 0. The second-order valence-electron chi connectivity index (χ2n) is 3.01. The largest absolute Gasteiger partial charge is 0.392 e. The molecule has 0 spiro atoms. The maximum atomic E-state index is 9.04.